The molecule has 0 radical (unpaired) electrons. The monoisotopic (exact) mass is 1240 g/mol. The Kier molecular flexibility index (Phi) is 14.2. The number of hydrogen-bond donors (Lipinski definition) is 0. The first-order chi connectivity index (χ1) is 31.8. The molecule has 8 aromatic heterocycles. The largest absolute Gasteiger partial charge is 0.143 e. The first-order valence-corrected chi connectivity index (χ1v) is 30.0. The van der Waals surface area contributed by atoms with Gasteiger partial charge in [0.05, 0.1) is 0 Å². The van der Waals surface area contributed by atoms with Crippen molar-refractivity contribution in [3.63, 3.8) is 0 Å². The van der Waals surface area contributed by atoms with Crippen LogP contribution in [0.4, 0.5) is 0 Å². The molecule has 0 aliphatic carbocycles. The lowest BCUT2D eigenvalue weighted by Crippen LogP contribution is -1.91. The molecule has 0 amide bonds. The van der Waals surface area contributed by atoms with Crippen LogP contribution in [0.25, 0.3) is 103 Å². The van der Waals surface area contributed by atoms with Crippen LogP contribution in [0.3, 0.4) is 0 Å². The third kappa shape index (κ3) is 9.54. The van der Waals surface area contributed by atoms with Gasteiger partial charge in [-0.05, 0) is 160 Å². The standard InChI is InChI=1S/C50H26Br4S8.C3H6/c51-35-24-30(28-22-32(40-10-14-48(60-40)44-6-2-18-56-44)34(26-38(28)54)42-12-16-50(62-42)46-8-4-20-58-46)36(52)23-29(35)27-21-31(39-9-13-47(59-39)43-5-1-17-55-43)33(25-37(27)53)41-11-15-49(61-41)45-7-3-19-57-45;1-3-2/h1-26H;3H,1H2,2H3. The van der Waals surface area contributed by atoms with E-state index in [1.165, 1.54) is 80.8 Å². The highest BCUT2D eigenvalue weighted by atomic mass is 79.9. The molecule has 0 fully saturated rings. The minimum Gasteiger partial charge on any atom is -0.143 e. The second kappa shape index (κ2) is 20.3. The van der Waals surface area contributed by atoms with Crippen LogP contribution in [0.1, 0.15) is 6.92 Å². The number of hydrogen-bond acceptors (Lipinski definition) is 8. The fourth-order valence-electron chi connectivity index (χ4n) is 7.47. The molecular formula is C53H32Br4S8. The molecule has 11 rings (SSSR count). The van der Waals surface area contributed by atoms with Gasteiger partial charge in [0.25, 0.3) is 0 Å². The highest BCUT2D eigenvalue weighted by Crippen LogP contribution is 2.52. The Hall–Kier alpha value is -3.08. The third-order valence-corrected chi connectivity index (χ3v) is 21.8. The van der Waals surface area contributed by atoms with E-state index in [-0.39, 0.29) is 0 Å². The van der Waals surface area contributed by atoms with Crippen molar-refractivity contribution >= 4 is 154 Å². The van der Waals surface area contributed by atoms with Gasteiger partial charge in [0.15, 0.2) is 0 Å². The minimum absolute atomic E-state index is 1.02. The molecule has 11 aromatic rings. The molecule has 320 valence electrons. The number of allylic oxidation sites excluding steroid dienone is 1. The van der Waals surface area contributed by atoms with Gasteiger partial charge in [-0.3, -0.25) is 0 Å². The summed E-state index contributed by atoms with van der Waals surface area (Å²) in [5.74, 6) is 0. The maximum absolute atomic E-state index is 4.09. The smallest absolute Gasteiger partial charge is 0.0449 e. The summed E-state index contributed by atoms with van der Waals surface area (Å²) < 4.78 is 4.12. The second-order valence-electron chi connectivity index (χ2n) is 14.5. The summed E-state index contributed by atoms with van der Waals surface area (Å²) in [5, 5.41) is 8.60. The number of thiophene rings is 8. The van der Waals surface area contributed by atoms with Crippen LogP contribution in [-0.2, 0) is 0 Å². The summed E-state index contributed by atoms with van der Waals surface area (Å²) in [6.07, 6.45) is 1.75. The molecule has 12 heteroatoms. The molecule has 0 bridgehead atoms. The lowest BCUT2D eigenvalue weighted by molar-refractivity contribution is 1.51. The fourth-order valence-corrected chi connectivity index (χ4v) is 17.2. The molecule has 0 saturated carbocycles. The van der Waals surface area contributed by atoms with Gasteiger partial charge in [0, 0.05) is 98.7 Å². The van der Waals surface area contributed by atoms with Crippen molar-refractivity contribution in [2.24, 2.45) is 0 Å². The average molecular weight is 1240 g/mol. The van der Waals surface area contributed by atoms with Crippen molar-refractivity contribution in [3.8, 4) is 103 Å². The number of halogens is 4. The Bertz CT molecular complexity index is 3170. The number of rotatable bonds is 10. The Morgan fingerprint density at radius 2 is 0.523 bits per heavy atom. The zero-order valence-corrected chi connectivity index (χ0v) is 46.9. The van der Waals surface area contributed by atoms with Crippen molar-refractivity contribution in [2.75, 3.05) is 0 Å². The number of benzene rings is 3. The summed E-state index contributed by atoms with van der Waals surface area (Å²) >= 11 is 30.9. The summed E-state index contributed by atoms with van der Waals surface area (Å²) in [4.78, 5) is 15.3. The highest BCUT2D eigenvalue weighted by Gasteiger charge is 2.23. The quantitative estimate of drug-likeness (QED) is 0.120. The van der Waals surface area contributed by atoms with Crippen molar-refractivity contribution in [1.29, 1.82) is 0 Å². The minimum atomic E-state index is 1.02. The normalized spacial score (nSPS) is 11.2. The van der Waals surface area contributed by atoms with Crippen molar-refractivity contribution in [3.05, 3.63) is 186 Å². The van der Waals surface area contributed by atoms with Crippen molar-refractivity contribution in [2.45, 2.75) is 6.92 Å². The Balaban J connectivity index is 0.00000162. The predicted molar refractivity (Wildman–Crippen MR) is 310 cm³/mol. The SMILES string of the molecule is Brc1cc(-c2cc(-c3ccc(-c4cccs4)s3)c(-c3ccc(-c4cccs4)s3)cc2Br)c(Br)cc1-c1cc(-c2ccc(-c3cccs3)s2)c(-c2ccc(-c3cccs3)s2)cc1Br.C=CC. The summed E-state index contributed by atoms with van der Waals surface area (Å²) in [6, 6.07) is 49.4. The molecule has 0 atom stereocenters. The zero-order valence-electron chi connectivity index (χ0n) is 34.1. The molecule has 3 aromatic carbocycles. The molecule has 8 heterocycles. The fraction of sp³-hybridized carbons (Fsp3) is 0.0189. The maximum atomic E-state index is 4.09. The van der Waals surface area contributed by atoms with Gasteiger partial charge in [0.2, 0.25) is 0 Å². The van der Waals surface area contributed by atoms with Crippen LogP contribution in [0, 0.1) is 0 Å². The molecule has 0 aliphatic heterocycles. The van der Waals surface area contributed by atoms with Gasteiger partial charge in [-0.1, -0.05) is 94.1 Å². The molecule has 0 N–H and O–H groups in total. The maximum Gasteiger partial charge on any atom is 0.0449 e. The molecular weight excluding hydrogens is 1210 g/mol. The van der Waals surface area contributed by atoms with Gasteiger partial charge in [-0.25, -0.2) is 0 Å². The van der Waals surface area contributed by atoms with Crippen LogP contribution >= 0.6 is 154 Å². The molecule has 0 spiro atoms. The van der Waals surface area contributed by atoms with E-state index in [2.05, 4.69) is 225 Å². The van der Waals surface area contributed by atoms with Gasteiger partial charge in [-0.15, -0.1) is 97.3 Å². The summed E-state index contributed by atoms with van der Waals surface area (Å²) in [6.45, 7) is 5.25. The third-order valence-electron chi connectivity index (χ3n) is 10.4. The Morgan fingerprint density at radius 3 is 0.769 bits per heavy atom. The summed E-state index contributed by atoms with van der Waals surface area (Å²) in [7, 11) is 0. The van der Waals surface area contributed by atoms with Crippen LogP contribution in [0.5, 0.6) is 0 Å². The lowest BCUT2D eigenvalue weighted by atomic mass is 9.94. The predicted octanol–water partition coefficient (Wildman–Crippen LogP) is 23.1. The van der Waals surface area contributed by atoms with Crippen LogP contribution in [0.15, 0.2) is 186 Å². The highest BCUT2D eigenvalue weighted by molar-refractivity contribution is 9.11. The Labute approximate surface area is 444 Å². The van der Waals surface area contributed by atoms with E-state index < -0.39 is 0 Å². The second-order valence-corrected chi connectivity index (χ2v) is 26.1. The van der Waals surface area contributed by atoms with E-state index >= 15 is 0 Å². The molecule has 0 saturated heterocycles. The summed E-state index contributed by atoms with van der Waals surface area (Å²) in [5.41, 5.74) is 9.34. The van der Waals surface area contributed by atoms with Gasteiger partial charge in [-0.2, -0.15) is 0 Å². The van der Waals surface area contributed by atoms with Crippen LogP contribution in [-0.4, -0.2) is 0 Å². The van der Waals surface area contributed by atoms with E-state index in [4.69, 9.17) is 0 Å². The van der Waals surface area contributed by atoms with E-state index in [0.717, 1.165) is 40.1 Å². The Morgan fingerprint density at radius 1 is 0.308 bits per heavy atom. The van der Waals surface area contributed by atoms with Gasteiger partial charge in [0.1, 0.15) is 0 Å². The van der Waals surface area contributed by atoms with E-state index in [0.29, 0.717) is 0 Å². The molecule has 0 nitrogen and oxygen atoms in total. The van der Waals surface area contributed by atoms with Crippen LogP contribution < -0.4 is 0 Å². The van der Waals surface area contributed by atoms with E-state index in [1.807, 2.05) is 52.3 Å². The average Bonchev–Trinajstić information content (AvgIpc) is 4.17. The lowest BCUT2D eigenvalue weighted by Gasteiger charge is -2.18. The van der Waals surface area contributed by atoms with Crippen molar-refractivity contribution < 1.29 is 0 Å². The first kappa shape index (κ1) is 45.7. The topological polar surface area (TPSA) is 0 Å². The zero-order chi connectivity index (χ0) is 44.6. The molecule has 0 unspecified atom stereocenters. The van der Waals surface area contributed by atoms with Crippen LogP contribution in [0.2, 0.25) is 0 Å². The van der Waals surface area contributed by atoms with E-state index in [1.54, 1.807) is 51.4 Å². The van der Waals surface area contributed by atoms with Gasteiger partial charge >= 0.3 is 0 Å². The van der Waals surface area contributed by atoms with Gasteiger partial charge < -0.3 is 0 Å². The first-order valence-electron chi connectivity index (χ1n) is 20.1. The van der Waals surface area contributed by atoms with E-state index in [9.17, 15) is 0 Å². The van der Waals surface area contributed by atoms with Crippen molar-refractivity contribution in [1.82, 2.24) is 0 Å². The molecule has 65 heavy (non-hydrogen) atoms. The molecule has 0 aliphatic rings.